The summed E-state index contributed by atoms with van der Waals surface area (Å²) in [5, 5.41) is 7.51. The summed E-state index contributed by atoms with van der Waals surface area (Å²) < 4.78 is 13.4. The lowest BCUT2D eigenvalue weighted by Gasteiger charge is -2.02. The summed E-state index contributed by atoms with van der Waals surface area (Å²) in [4.78, 5) is 0. The van der Waals surface area contributed by atoms with E-state index in [-0.39, 0.29) is 16.7 Å². The Labute approximate surface area is 90.7 Å². The fourth-order valence-corrected chi connectivity index (χ4v) is 1.28. The summed E-state index contributed by atoms with van der Waals surface area (Å²) in [5.74, 6) is -0.367. The second kappa shape index (κ2) is 3.82. The molecule has 5 heteroatoms. The van der Waals surface area contributed by atoms with Gasteiger partial charge in [-0.2, -0.15) is 0 Å². The smallest absolute Gasteiger partial charge is 0.174 e. The van der Waals surface area contributed by atoms with Gasteiger partial charge in [0.25, 0.3) is 0 Å². The van der Waals surface area contributed by atoms with Crippen molar-refractivity contribution in [2.75, 3.05) is 5.73 Å². The van der Waals surface area contributed by atoms with Gasteiger partial charge in [-0.1, -0.05) is 23.7 Å². The third-order valence-corrected chi connectivity index (χ3v) is 2.22. The zero-order valence-electron chi connectivity index (χ0n) is 7.61. The number of nitrogens with two attached hydrogens (primary N) is 1. The van der Waals surface area contributed by atoms with Gasteiger partial charge in [-0.15, -0.1) is 10.2 Å². The first-order valence-electron chi connectivity index (χ1n) is 4.22. The normalized spacial score (nSPS) is 10.3. The number of anilines is 1. The van der Waals surface area contributed by atoms with Crippen molar-refractivity contribution in [3.8, 4) is 11.3 Å². The highest BCUT2D eigenvalue weighted by molar-refractivity contribution is 6.31. The molecule has 1 aromatic carbocycles. The van der Waals surface area contributed by atoms with Crippen LogP contribution >= 0.6 is 11.6 Å². The Balaban J connectivity index is 2.55. The largest absolute Gasteiger partial charge is 0.396 e. The van der Waals surface area contributed by atoms with E-state index in [2.05, 4.69) is 10.2 Å². The van der Waals surface area contributed by atoms with Crippen molar-refractivity contribution < 1.29 is 4.39 Å². The van der Waals surface area contributed by atoms with E-state index in [4.69, 9.17) is 17.3 Å². The van der Waals surface area contributed by atoms with Crippen molar-refractivity contribution in [3.63, 3.8) is 0 Å². The summed E-state index contributed by atoms with van der Waals surface area (Å²) >= 11 is 5.62. The zero-order valence-corrected chi connectivity index (χ0v) is 8.37. The summed E-state index contributed by atoms with van der Waals surface area (Å²) in [5.41, 5.74) is 6.56. The molecule has 0 saturated carbocycles. The van der Waals surface area contributed by atoms with Crippen LogP contribution in [0.5, 0.6) is 0 Å². The first-order valence-corrected chi connectivity index (χ1v) is 4.60. The molecule has 0 radical (unpaired) electrons. The Morgan fingerprint density at radius 1 is 1.20 bits per heavy atom. The average molecular weight is 224 g/mol. The Kier molecular flexibility index (Phi) is 2.51. The Hall–Kier alpha value is -1.68. The molecular weight excluding hydrogens is 217 g/mol. The van der Waals surface area contributed by atoms with Gasteiger partial charge in [0.15, 0.2) is 5.15 Å². The monoisotopic (exact) mass is 223 g/mol. The molecule has 0 spiro atoms. The molecule has 0 fully saturated rings. The van der Waals surface area contributed by atoms with Gasteiger partial charge in [-0.25, -0.2) is 4.39 Å². The molecule has 0 aliphatic heterocycles. The number of nitrogen functional groups attached to an aromatic ring is 1. The van der Waals surface area contributed by atoms with E-state index in [9.17, 15) is 4.39 Å². The van der Waals surface area contributed by atoms with Gasteiger partial charge in [-0.05, 0) is 18.2 Å². The van der Waals surface area contributed by atoms with Crippen LogP contribution in [0.3, 0.4) is 0 Å². The summed E-state index contributed by atoms with van der Waals surface area (Å²) in [6.07, 6.45) is 0. The highest BCUT2D eigenvalue weighted by Gasteiger charge is 2.08. The van der Waals surface area contributed by atoms with E-state index in [0.29, 0.717) is 11.3 Å². The molecule has 2 rings (SSSR count). The van der Waals surface area contributed by atoms with Crippen molar-refractivity contribution in [1.82, 2.24) is 10.2 Å². The maximum Gasteiger partial charge on any atom is 0.174 e. The van der Waals surface area contributed by atoms with Crippen molar-refractivity contribution in [1.29, 1.82) is 0 Å². The predicted octanol–water partition coefficient (Wildman–Crippen LogP) is 2.52. The van der Waals surface area contributed by atoms with E-state index in [0.717, 1.165) is 0 Å². The van der Waals surface area contributed by atoms with Crippen molar-refractivity contribution >= 4 is 17.3 Å². The summed E-state index contributed by atoms with van der Waals surface area (Å²) in [7, 11) is 0. The number of benzene rings is 1. The van der Waals surface area contributed by atoms with Gasteiger partial charge >= 0.3 is 0 Å². The molecule has 0 bridgehead atoms. The minimum atomic E-state index is -0.367. The third-order valence-electron chi connectivity index (χ3n) is 1.93. The van der Waals surface area contributed by atoms with Gasteiger partial charge in [0.2, 0.25) is 0 Å². The van der Waals surface area contributed by atoms with Gasteiger partial charge in [0, 0.05) is 5.56 Å². The molecule has 1 heterocycles. The van der Waals surface area contributed by atoms with Crippen LogP contribution in [-0.4, -0.2) is 10.2 Å². The molecule has 2 aromatic rings. The first kappa shape index (κ1) is 9.86. The van der Waals surface area contributed by atoms with Gasteiger partial charge in [0.1, 0.15) is 5.82 Å². The molecule has 3 nitrogen and oxygen atoms in total. The average Bonchev–Trinajstić information content (AvgIpc) is 2.23. The van der Waals surface area contributed by atoms with Crippen LogP contribution in [0.1, 0.15) is 0 Å². The summed E-state index contributed by atoms with van der Waals surface area (Å²) in [6.45, 7) is 0. The third kappa shape index (κ3) is 1.89. The standard InChI is InChI=1S/C10H7ClFN3/c11-10-8(13)5-9(14-15-10)6-3-1-2-4-7(6)12/h1-5H,(H2,13,14). The fraction of sp³-hybridized carbons (Fsp3) is 0. The zero-order chi connectivity index (χ0) is 10.8. The van der Waals surface area contributed by atoms with E-state index in [1.165, 1.54) is 12.1 Å². The highest BCUT2D eigenvalue weighted by atomic mass is 35.5. The lowest BCUT2D eigenvalue weighted by molar-refractivity contribution is 0.630. The molecule has 0 unspecified atom stereocenters. The molecule has 2 N–H and O–H groups in total. The highest BCUT2D eigenvalue weighted by Crippen LogP contribution is 2.24. The van der Waals surface area contributed by atoms with E-state index in [1.54, 1.807) is 18.2 Å². The Morgan fingerprint density at radius 2 is 1.93 bits per heavy atom. The summed E-state index contributed by atoms with van der Waals surface area (Å²) in [6, 6.07) is 7.76. The van der Waals surface area contributed by atoms with Crippen LogP contribution in [0.15, 0.2) is 30.3 Å². The number of aromatic nitrogens is 2. The molecule has 1 aromatic heterocycles. The number of rotatable bonds is 1. The minimum Gasteiger partial charge on any atom is -0.396 e. The fourth-order valence-electron chi connectivity index (χ4n) is 1.19. The van der Waals surface area contributed by atoms with Gasteiger partial charge < -0.3 is 5.73 Å². The van der Waals surface area contributed by atoms with Crippen LogP contribution in [0.2, 0.25) is 5.15 Å². The van der Waals surface area contributed by atoms with Crippen molar-refractivity contribution in [3.05, 3.63) is 41.3 Å². The van der Waals surface area contributed by atoms with Crippen LogP contribution in [0, 0.1) is 5.82 Å². The van der Waals surface area contributed by atoms with Crippen LogP contribution in [0.4, 0.5) is 10.1 Å². The molecule has 0 amide bonds. The Bertz CT molecular complexity index is 502. The molecule has 0 saturated heterocycles. The Morgan fingerprint density at radius 3 is 2.60 bits per heavy atom. The van der Waals surface area contributed by atoms with Crippen molar-refractivity contribution in [2.24, 2.45) is 0 Å². The van der Waals surface area contributed by atoms with Crippen LogP contribution < -0.4 is 5.73 Å². The van der Waals surface area contributed by atoms with Crippen LogP contribution in [-0.2, 0) is 0 Å². The number of nitrogens with zero attached hydrogens (tertiary/aromatic N) is 2. The SMILES string of the molecule is Nc1cc(-c2ccccc2F)nnc1Cl. The second-order valence-corrected chi connectivity index (χ2v) is 3.31. The van der Waals surface area contributed by atoms with E-state index in [1.807, 2.05) is 0 Å². The first-order chi connectivity index (χ1) is 7.18. The predicted molar refractivity (Wildman–Crippen MR) is 56.8 cm³/mol. The lowest BCUT2D eigenvalue weighted by atomic mass is 10.1. The molecule has 0 atom stereocenters. The van der Waals surface area contributed by atoms with Gasteiger partial charge in [-0.3, -0.25) is 0 Å². The molecule has 0 aliphatic rings. The number of hydrogen-bond donors (Lipinski definition) is 1. The van der Waals surface area contributed by atoms with E-state index >= 15 is 0 Å². The van der Waals surface area contributed by atoms with Crippen LogP contribution in [0.25, 0.3) is 11.3 Å². The molecular formula is C10H7ClFN3. The molecule has 15 heavy (non-hydrogen) atoms. The second-order valence-electron chi connectivity index (χ2n) is 2.96. The lowest BCUT2D eigenvalue weighted by Crippen LogP contribution is -1.95. The number of halogens is 2. The number of hydrogen-bond acceptors (Lipinski definition) is 3. The van der Waals surface area contributed by atoms with Crippen molar-refractivity contribution in [2.45, 2.75) is 0 Å². The topological polar surface area (TPSA) is 51.8 Å². The minimum absolute atomic E-state index is 0.120. The molecule has 76 valence electrons. The van der Waals surface area contributed by atoms with E-state index < -0.39 is 0 Å². The maximum atomic E-state index is 13.4. The van der Waals surface area contributed by atoms with Gasteiger partial charge in [0.05, 0.1) is 11.4 Å². The molecule has 0 aliphatic carbocycles. The maximum absolute atomic E-state index is 13.4. The quantitative estimate of drug-likeness (QED) is 0.808.